The number of aromatic nitrogens is 2. The van der Waals surface area contributed by atoms with E-state index in [1.165, 1.54) is 0 Å². The zero-order chi connectivity index (χ0) is 16.3. The van der Waals surface area contributed by atoms with Gasteiger partial charge in [-0.3, -0.25) is 0 Å². The maximum atomic E-state index is 12.1. The molecule has 0 aliphatic rings. The molecule has 1 aromatic heterocycles. The molecule has 0 amide bonds. The first-order valence-corrected chi connectivity index (χ1v) is 8.62. The summed E-state index contributed by atoms with van der Waals surface area (Å²) in [6, 6.07) is 6.94. The molecule has 0 atom stereocenters. The Kier molecular flexibility index (Phi) is 4.77. The number of hydrogen-bond donors (Lipinski definition) is 0. The van der Waals surface area contributed by atoms with Crippen LogP contribution in [-0.2, 0) is 16.3 Å². The molecule has 0 aliphatic heterocycles. The van der Waals surface area contributed by atoms with E-state index in [9.17, 15) is 13.2 Å². The lowest BCUT2D eigenvalue weighted by molar-refractivity contribution is 0.0727. The first kappa shape index (κ1) is 16.4. The van der Waals surface area contributed by atoms with E-state index in [1.807, 2.05) is 19.1 Å². The minimum atomic E-state index is -3.65. The van der Waals surface area contributed by atoms with E-state index in [0.29, 0.717) is 5.75 Å². The summed E-state index contributed by atoms with van der Waals surface area (Å²) in [5.74, 6) is -0.528. The first-order valence-electron chi connectivity index (χ1n) is 6.35. The predicted molar refractivity (Wildman–Crippen MR) is 80.9 cm³/mol. The topological polar surface area (TPSA) is 86.2 Å². The Balaban J connectivity index is 2.28. The highest BCUT2D eigenvalue weighted by atomic mass is 35.5. The van der Waals surface area contributed by atoms with Crippen molar-refractivity contribution in [3.63, 3.8) is 0 Å². The van der Waals surface area contributed by atoms with Gasteiger partial charge in [-0.1, -0.05) is 30.7 Å². The maximum Gasteiger partial charge on any atom is 0.364 e. The van der Waals surface area contributed by atoms with Crippen molar-refractivity contribution in [3.05, 3.63) is 46.7 Å². The van der Waals surface area contributed by atoms with Crippen LogP contribution < -0.4 is 4.74 Å². The maximum absolute atomic E-state index is 12.1. The molecule has 0 saturated carbocycles. The van der Waals surface area contributed by atoms with Gasteiger partial charge in [0.2, 0.25) is 15.0 Å². The monoisotopic (exact) mass is 340 g/mol. The highest BCUT2D eigenvalue weighted by Gasteiger charge is 2.20. The second kappa shape index (κ2) is 6.41. The SMILES string of the molecule is CCc1ccc(OC(=O)c2nc(S(C)(=O)=O)ncc2Cl)cc1. The smallest absolute Gasteiger partial charge is 0.364 e. The number of rotatable bonds is 4. The van der Waals surface area contributed by atoms with Gasteiger partial charge < -0.3 is 4.74 Å². The van der Waals surface area contributed by atoms with Crippen LogP contribution in [0.1, 0.15) is 23.0 Å². The molecule has 0 unspecified atom stereocenters. The van der Waals surface area contributed by atoms with E-state index in [1.54, 1.807) is 12.1 Å². The number of carbonyl (C=O) groups is 1. The Bertz CT molecular complexity index is 804. The summed E-state index contributed by atoms with van der Waals surface area (Å²) in [6.07, 6.45) is 2.86. The fourth-order valence-electron chi connectivity index (χ4n) is 1.62. The quantitative estimate of drug-likeness (QED) is 0.482. The summed E-state index contributed by atoms with van der Waals surface area (Å²) in [4.78, 5) is 19.3. The molecule has 0 aliphatic carbocycles. The van der Waals surface area contributed by atoms with E-state index in [2.05, 4.69) is 9.97 Å². The van der Waals surface area contributed by atoms with E-state index in [-0.39, 0.29) is 10.7 Å². The third-order valence-electron chi connectivity index (χ3n) is 2.79. The number of ether oxygens (including phenoxy) is 1. The lowest BCUT2D eigenvalue weighted by Gasteiger charge is -2.06. The van der Waals surface area contributed by atoms with Crippen molar-refractivity contribution in [2.45, 2.75) is 18.5 Å². The molecule has 1 heterocycles. The number of aryl methyl sites for hydroxylation is 1. The van der Waals surface area contributed by atoms with Gasteiger partial charge in [-0.05, 0) is 24.1 Å². The summed E-state index contributed by atoms with van der Waals surface area (Å²) in [6.45, 7) is 2.01. The Morgan fingerprint density at radius 1 is 1.27 bits per heavy atom. The fourth-order valence-corrected chi connectivity index (χ4v) is 2.29. The molecule has 2 aromatic rings. The molecule has 6 nitrogen and oxygen atoms in total. The van der Waals surface area contributed by atoms with Crippen molar-refractivity contribution in [1.82, 2.24) is 9.97 Å². The molecular formula is C14H13ClN2O4S. The van der Waals surface area contributed by atoms with Crippen molar-refractivity contribution >= 4 is 27.4 Å². The Morgan fingerprint density at radius 3 is 2.45 bits per heavy atom. The third kappa shape index (κ3) is 3.80. The fraction of sp³-hybridized carbons (Fsp3) is 0.214. The molecule has 8 heteroatoms. The van der Waals surface area contributed by atoms with Crippen LogP contribution >= 0.6 is 11.6 Å². The number of esters is 1. The average molecular weight is 341 g/mol. The van der Waals surface area contributed by atoms with Crippen molar-refractivity contribution in [1.29, 1.82) is 0 Å². The van der Waals surface area contributed by atoms with E-state index in [4.69, 9.17) is 16.3 Å². The van der Waals surface area contributed by atoms with Crippen molar-refractivity contribution in [2.24, 2.45) is 0 Å². The normalized spacial score (nSPS) is 11.2. The van der Waals surface area contributed by atoms with E-state index >= 15 is 0 Å². The largest absolute Gasteiger partial charge is 0.422 e. The minimum absolute atomic E-state index is 0.0809. The Labute approximate surface area is 133 Å². The molecule has 116 valence electrons. The first-order chi connectivity index (χ1) is 10.3. The molecule has 0 bridgehead atoms. The second-order valence-corrected chi connectivity index (χ2v) is 6.82. The van der Waals surface area contributed by atoms with Gasteiger partial charge in [0.05, 0.1) is 11.2 Å². The summed E-state index contributed by atoms with van der Waals surface area (Å²) in [7, 11) is -3.65. The summed E-state index contributed by atoms with van der Waals surface area (Å²) in [5.41, 5.74) is 0.802. The number of halogens is 1. The lowest BCUT2D eigenvalue weighted by atomic mass is 10.2. The van der Waals surface area contributed by atoms with Crippen LogP contribution in [0.5, 0.6) is 5.75 Å². The number of sulfone groups is 1. The van der Waals surface area contributed by atoms with Crippen LogP contribution in [0.25, 0.3) is 0 Å². The highest BCUT2D eigenvalue weighted by Crippen LogP contribution is 2.18. The summed E-state index contributed by atoms with van der Waals surface area (Å²) >= 11 is 5.83. The predicted octanol–water partition coefficient (Wildman–Crippen LogP) is 2.32. The van der Waals surface area contributed by atoms with Gasteiger partial charge in [0.25, 0.3) is 0 Å². The molecule has 0 saturated heterocycles. The van der Waals surface area contributed by atoms with Crippen LogP contribution in [0.3, 0.4) is 0 Å². The molecule has 0 spiro atoms. The van der Waals surface area contributed by atoms with Gasteiger partial charge in [0.15, 0.2) is 5.69 Å². The van der Waals surface area contributed by atoms with Crippen LogP contribution in [0, 0.1) is 0 Å². The van der Waals surface area contributed by atoms with E-state index in [0.717, 1.165) is 24.4 Å². The van der Waals surface area contributed by atoms with Crippen molar-refractivity contribution in [3.8, 4) is 5.75 Å². The molecule has 2 rings (SSSR count). The standard InChI is InChI=1S/C14H13ClN2O4S/c1-3-9-4-6-10(7-5-9)21-13(18)12-11(15)8-16-14(17-12)22(2,19)20/h4-8H,3H2,1-2H3. The molecule has 0 N–H and O–H groups in total. The van der Waals surface area contributed by atoms with Gasteiger partial charge in [-0.15, -0.1) is 0 Å². The van der Waals surface area contributed by atoms with Gasteiger partial charge in [-0.2, -0.15) is 0 Å². The van der Waals surface area contributed by atoms with Crippen molar-refractivity contribution in [2.75, 3.05) is 6.26 Å². The Hall–Kier alpha value is -1.99. The molecule has 0 radical (unpaired) electrons. The van der Waals surface area contributed by atoms with Gasteiger partial charge in [-0.25, -0.2) is 23.2 Å². The number of benzene rings is 1. The van der Waals surface area contributed by atoms with Crippen molar-refractivity contribution < 1.29 is 17.9 Å². The van der Waals surface area contributed by atoms with Crippen LogP contribution in [0.15, 0.2) is 35.6 Å². The summed E-state index contributed by atoms with van der Waals surface area (Å²) < 4.78 is 28.0. The number of hydrogen-bond acceptors (Lipinski definition) is 6. The van der Waals surface area contributed by atoms with Gasteiger partial charge in [0, 0.05) is 6.26 Å². The van der Waals surface area contributed by atoms with Crippen LogP contribution in [0.4, 0.5) is 0 Å². The number of carbonyl (C=O) groups excluding carboxylic acids is 1. The van der Waals surface area contributed by atoms with Crippen LogP contribution in [-0.4, -0.2) is 30.6 Å². The zero-order valence-corrected chi connectivity index (χ0v) is 13.5. The van der Waals surface area contributed by atoms with Crippen LogP contribution in [0.2, 0.25) is 5.02 Å². The van der Waals surface area contributed by atoms with E-state index < -0.39 is 21.0 Å². The highest BCUT2D eigenvalue weighted by molar-refractivity contribution is 7.90. The molecule has 22 heavy (non-hydrogen) atoms. The van der Waals surface area contributed by atoms with Gasteiger partial charge in [0.1, 0.15) is 5.75 Å². The number of nitrogens with zero attached hydrogens (tertiary/aromatic N) is 2. The average Bonchev–Trinajstić information content (AvgIpc) is 2.47. The molecular weight excluding hydrogens is 328 g/mol. The molecule has 1 aromatic carbocycles. The minimum Gasteiger partial charge on any atom is -0.422 e. The third-order valence-corrected chi connectivity index (χ3v) is 3.93. The second-order valence-electron chi connectivity index (χ2n) is 4.51. The lowest BCUT2D eigenvalue weighted by Crippen LogP contribution is -2.15. The zero-order valence-electron chi connectivity index (χ0n) is 11.9. The van der Waals surface area contributed by atoms with Gasteiger partial charge >= 0.3 is 5.97 Å². The summed E-state index contributed by atoms with van der Waals surface area (Å²) in [5, 5.41) is -0.562. The molecule has 0 fully saturated rings. The Morgan fingerprint density at radius 2 is 1.91 bits per heavy atom.